The molecule has 0 amide bonds. The Kier molecular flexibility index (Phi) is 5.56. The summed E-state index contributed by atoms with van der Waals surface area (Å²) in [6, 6.07) is 15.9. The lowest BCUT2D eigenvalue weighted by Crippen LogP contribution is -2.43. The first-order valence-corrected chi connectivity index (χ1v) is 10.3. The highest BCUT2D eigenvalue weighted by Gasteiger charge is 2.48. The normalized spacial score (nSPS) is 25.1. The van der Waals surface area contributed by atoms with E-state index >= 15 is 0 Å². The number of Topliss-reactive ketones (excluding diaryl/α,β-unsaturated/α-hetero) is 1. The zero-order chi connectivity index (χ0) is 20.3. The van der Waals surface area contributed by atoms with Gasteiger partial charge in [0.05, 0.1) is 7.11 Å². The number of ether oxygens (including phenoxy) is 1. The van der Waals surface area contributed by atoms with E-state index in [9.17, 15) is 9.90 Å². The van der Waals surface area contributed by atoms with Crippen LogP contribution in [0.3, 0.4) is 0 Å². The topological polar surface area (TPSA) is 46.5 Å². The first-order valence-electron chi connectivity index (χ1n) is 10.3. The Balaban J connectivity index is 1.52. The predicted octanol–water partition coefficient (Wildman–Crippen LogP) is 4.76. The summed E-state index contributed by atoms with van der Waals surface area (Å²) >= 11 is 0. The van der Waals surface area contributed by atoms with Crippen molar-refractivity contribution < 1.29 is 14.6 Å². The molecular formula is C26H26O3. The molecule has 29 heavy (non-hydrogen) atoms. The Morgan fingerprint density at radius 2 is 1.55 bits per heavy atom. The maximum Gasteiger partial charge on any atom is 0.162 e. The molecule has 2 saturated carbocycles. The molecule has 1 spiro atoms. The highest BCUT2D eigenvalue weighted by molar-refractivity contribution is 5.85. The van der Waals surface area contributed by atoms with Crippen LogP contribution in [-0.2, 0) is 4.79 Å². The van der Waals surface area contributed by atoms with Gasteiger partial charge in [0.2, 0.25) is 0 Å². The maximum atomic E-state index is 12.1. The van der Waals surface area contributed by atoms with Crippen molar-refractivity contribution in [3.63, 3.8) is 0 Å². The number of rotatable bonds is 2. The number of carbonyl (C=O) groups excluding carboxylic acids is 1. The summed E-state index contributed by atoms with van der Waals surface area (Å²) in [7, 11) is 1.65. The molecule has 2 atom stereocenters. The standard InChI is InChI=1S/C26H26O3/c1-29-23-14-12-20(13-15-23)7-6-19-8-10-21(11-9-19)18-22-4-2-16-26(22)17-3-5-24(27)25(26)28/h8-15,18,25,28H,2-5,16-17H2,1H3/b22-18+/t25-,26+/m0/s1. The van der Waals surface area contributed by atoms with Gasteiger partial charge in [0.15, 0.2) is 5.78 Å². The van der Waals surface area contributed by atoms with E-state index in [1.807, 2.05) is 36.4 Å². The van der Waals surface area contributed by atoms with Crippen LogP contribution >= 0.6 is 0 Å². The number of methoxy groups -OCH3 is 1. The highest BCUT2D eigenvalue weighted by Crippen LogP contribution is 2.52. The number of hydrogen-bond acceptors (Lipinski definition) is 3. The average molecular weight is 386 g/mol. The van der Waals surface area contributed by atoms with Crippen LogP contribution in [0.2, 0.25) is 0 Å². The van der Waals surface area contributed by atoms with Gasteiger partial charge < -0.3 is 9.84 Å². The molecule has 0 aromatic heterocycles. The van der Waals surface area contributed by atoms with Gasteiger partial charge in [0.1, 0.15) is 11.9 Å². The summed E-state index contributed by atoms with van der Waals surface area (Å²) in [4.78, 5) is 12.1. The third-order valence-electron chi connectivity index (χ3n) is 6.28. The summed E-state index contributed by atoms with van der Waals surface area (Å²) in [6.45, 7) is 0. The van der Waals surface area contributed by atoms with Crippen LogP contribution in [-0.4, -0.2) is 24.1 Å². The van der Waals surface area contributed by atoms with Crippen LogP contribution in [0.5, 0.6) is 5.75 Å². The quantitative estimate of drug-likeness (QED) is 0.757. The number of ketones is 1. The third kappa shape index (κ3) is 3.99. The van der Waals surface area contributed by atoms with Crippen molar-refractivity contribution in [1.29, 1.82) is 0 Å². The number of carbonyl (C=O) groups is 1. The fourth-order valence-corrected chi connectivity index (χ4v) is 4.66. The van der Waals surface area contributed by atoms with Gasteiger partial charge in [-0.05, 0) is 74.1 Å². The van der Waals surface area contributed by atoms with Crippen LogP contribution < -0.4 is 4.74 Å². The lowest BCUT2D eigenvalue weighted by molar-refractivity contribution is -0.136. The molecule has 2 aliphatic rings. The number of aliphatic hydroxyl groups is 1. The van der Waals surface area contributed by atoms with Crippen LogP contribution in [0.25, 0.3) is 6.08 Å². The van der Waals surface area contributed by atoms with Gasteiger partial charge in [-0.15, -0.1) is 0 Å². The third-order valence-corrected chi connectivity index (χ3v) is 6.28. The Hall–Kier alpha value is -2.83. The average Bonchev–Trinajstić information content (AvgIpc) is 3.14. The minimum absolute atomic E-state index is 0.00760. The molecule has 3 nitrogen and oxygen atoms in total. The maximum absolute atomic E-state index is 12.1. The Morgan fingerprint density at radius 3 is 2.17 bits per heavy atom. The zero-order valence-electron chi connectivity index (χ0n) is 16.8. The molecule has 2 aromatic rings. The van der Waals surface area contributed by atoms with Crippen LogP contribution in [0.1, 0.15) is 55.2 Å². The Bertz CT molecular complexity index is 973. The van der Waals surface area contributed by atoms with Crippen molar-refractivity contribution in [1.82, 2.24) is 0 Å². The minimum atomic E-state index is -0.834. The number of benzene rings is 2. The Morgan fingerprint density at radius 1 is 0.966 bits per heavy atom. The molecule has 3 heteroatoms. The first-order chi connectivity index (χ1) is 14.1. The summed E-state index contributed by atoms with van der Waals surface area (Å²) in [5.41, 5.74) is 3.90. The van der Waals surface area contributed by atoms with Gasteiger partial charge in [-0.2, -0.15) is 0 Å². The molecule has 4 rings (SSSR count). The van der Waals surface area contributed by atoms with E-state index in [-0.39, 0.29) is 11.2 Å². The van der Waals surface area contributed by atoms with E-state index in [0.29, 0.717) is 6.42 Å². The molecule has 0 heterocycles. The predicted molar refractivity (Wildman–Crippen MR) is 115 cm³/mol. The molecule has 0 aliphatic heterocycles. The summed E-state index contributed by atoms with van der Waals surface area (Å²) in [5.74, 6) is 7.19. The van der Waals surface area contributed by atoms with Gasteiger partial charge in [0.25, 0.3) is 0 Å². The summed E-state index contributed by atoms with van der Waals surface area (Å²) in [6.07, 6.45) is 6.57. The van der Waals surface area contributed by atoms with E-state index in [1.54, 1.807) is 7.11 Å². The van der Waals surface area contributed by atoms with Gasteiger partial charge >= 0.3 is 0 Å². The molecule has 148 valence electrons. The summed E-state index contributed by atoms with van der Waals surface area (Å²) < 4.78 is 5.17. The first kappa shape index (κ1) is 19.5. The van der Waals surface area contributed by atoms with E-state index < -0.39 is 6.10 Å². The second kappa shape index (κ2) is 8.27. The largest absolute Gasteiger partial charge is 0.497 e. The van der Waals surface area contributed by atoms with Gasteiger partial charge in [-0.3, -0.25) is 4.79 Å². The molecule has 2 aliphatic carbocycles. The van der Waals surface area contributed by atoms with Gasteiger partial charge in [-0.25, -0.2) is 0 Å². The minimum Gasteiger partial charge on any atom is -0.497 e. The molecule has 0 radical (unpaired) electrons. The van der Waals surface area contributed by atoms with Crippen molar-refractivity contribution in [2.24, 2.45) is 5.41 Å². The summed E-state index contributed by atoms with van der Waals surface area (Å²) in [5, 5.41) is 10.6. The van der Waals surface area contributed by atoms with Crippen molar-refractivity contribution >= 4 is 11.9 Å². The second-order valence-corrected chi connectivity index (χ2v) is 8.00. The molecule has 0 unspecified atom stereocenters. The van der Waals surface area contributed by atoms with Gasteiger partial charge in [0, 0.05) is 23.0 Å². The molecular weight excluding hydrogens is 360 g/mol. The Labute approximate surface area is 172 Å². The molecule has 2 fully saturated rings. The lowest BCUT2D eigenvalue weighted by Gasteiger charge is -2.38. The van der Waals surface area contributed by atoms with Crippen LogP contribution in [0.4, 0.5) is 0 Å². The van der Waals surface area contributed by atoms with Crippen LogP contribution in [0.15, 0.2) is 54.1 Å². The van der Waals surface area contributed by atoms with Crippen molar-refractivity contribution in [3.05, 3.63) is 70.8 Å². The SMILES string of the molecule is COc1ccc(C#Cc2ccc(/C=C3\CCC[C@@]34CCCC(=O)[C@@H]4O)cc2)cc1. The highest BCUT2D eigenvalue weighted by atomic mass is 16.5. The molecule has 1 N–H and O–H groups in total. The molecule has 2 aromatic carbocycles. The molecule has 0 saturated heterocycles. The monoisotopic (exact) mass is 386 g/mol. The number of aliphatic hydroxyl groups excluding tert-OH is 1. The number of hydrogen-bond donors (Lipinski definition) is 1. The second-order valence-electron chi connectivity index (χ2n) is 8.00. The molecule has 0 bridgehead atoms. The van der Waals surface area contributed by atoms with E-state index in [1.165, 1.54) is 5.57 Å². The van der Waals surface area contributed by atoms with Crippen LogP contribution in [0, 0.1) is 17.3 Å². The van der Waals surface area contributed by atoms with E-state index in [2.05, 4.69) is 30.0 Å². The fourth-order valence-electron chi connectivity index (χ4n) is 4.66. The lowest BCUT2D eigenvalue weighted by atomic mass is 9.67. The van der Waals surface area contributed by atoms with Crippen molar-refractivity contribution in [2.45, 2.75) is 44.6 Å². The fraction of sp³-hybridized carbons (Fsp3) is 0.346. The smallest absolute Gasteiger partial charge is 0.162 e. The van der Waals surface area contributed by atoms with E-state index in [4.69, 9.17) is 4.74 Å². The van der Waals surface area contributed by atoms with Crippen molar-refractivity contribution in [3.8, 4) is 17.6 Å². The van der Waals surface area contributed by atoms with E-state index in [0.717, 1.165) is 54.5 Å². The van der Waals surface area contributed by atoms with Crippen molar-refractivity contribution in [2.75, 3.05) is 7.11 Å². The zero-order valence-corrected chi connectivity index (χ0v) is 16.8. The van der Waals surface area contributed by atoms with Gasteiger partial charge in [-0.1, -0.05) is 35.6 Å².